The molecule has 0 radical (unpaired) electrons. The van der Waals surface area contributed by atoms with Crippen molar-refractivity contribution in [2.75, 3.05) is 7.11 Å². The van der Waals surface area contributed by atoms with Gasteiger partial charge in [-0.05, 0) is 24.6 Å². The second kappa shape index (κ2) is 5.36. The normalized spacial score (nSPS) is 10.8. The molecule has 0 aliphatic heterocycles. The number of nitrogens with zero attached hydrogens (tertiary/aromatic N) is 3. The Morgan fingerprint density at radius 1 is 1.24 bits per heavy atom. The van der Waals surface area contributed by atoms with Crippen molar-refractivity contribution in [3.8, 4) is 0 Å². The average Bonchev–Trinajstić information content (AvgIpc) is 2.90. The van der Waals surface area contributed by atoms with Crippen LogP contribution in [0.4, 0.5) is 0 Å². The van der Waals surface area contributed by atoms with Crippen molar-refractivity contribution in [3.05, 3.63) is 65.1 Å². The van der Waals surface area contributed by atoms with E-state index in [-0.39, 0.29) is 5.97 Å². The summed E-state index contributed by atoms with van der Waals surface area (Å²) in [7, 11) is 1.36. The van der Waals surface area contributed by atoms with Gasteiger partial charge in [-0.1, -0.05) is 29.8 Å². The van der Waals surface area contributed by atoms with E-state index in [1.165, 1.54) is 12.7 Å². The van der Waals surface area contributed by atoms with Crippen LogP contribution < -0.4 is 0 Å². The number of esters is 1. The van der Waals surface area contributed by atoms with Crippen molar-refractivity contribution < 1.29 is 9.53 Å². The lowest BCUT2D eigenvalue weighted by Crippen LogP contribution is -2.02. The Bertz CT molecular complexity index is 791. The van der Waals surface area contributed by atoms with Crippen molar-refractivity contribution in [2.45, 2.75) is 13.3 Å². The molecule has 0 amide bonds. The maximum atomic E-state index is 11.5. The van der Waals surface area contributed by atoms with Crippen molar-refractivity contribution in [1.29, 1.82) is 0 Å². The van der Waals surface area contributed by atoms with Gasteiger partial charge in [-0.15, -0.1) is 0 Å². The Morgan fingerprint density at radius 3 is 2.71 bits per heavy atom. The minimum Gasteiger partial charge on any atom is -0.465 e. The molecule has 21 heavy (non-hydrogen) atoms. The highest BCUT2D eigenvalue weighted by molar-refractivity contribution is 5.90. The van der Waals surface area contributed by atoms with Gasteiger partial charge in [-0.25, -0.2) is 14.3 Å². The quantitative estimate of drug-likeness (QED) is 0.692. The van der Waals surface area contributed by atoms with Crippen LogP contribution in [0.1, 0.15) is 27.3 Å². The largest absolute Gasteiger partial charge is 0.465 e. The Kier molecular flexibility index (Phi) is 3.39. The van der Waals surface area contributed by atoms with Crippen LogP contribution in [0.5, 0.6) is 0 Å². The summed E-state index contributed by atoms with van der Waals surface area (Å²) in [6.07, 6.45) is 2.38. The molecule has 0 saturated carbocycles. The van der Waals surface area contributed by atoms with E-state index in [0.29, 0.717) is 17.6 Å². The first kappa shape index (κ1) is 13.3. The molecule has 0 fully saturated rings. The number of ether oxygens (including phenoxy) is 1. The summed E-state index contributed by atoms with van der Waals surface area (Å²) in [6.45, 7) is 2.06. The van der Waals surface area contributed by atoms with Crippen LogP contribution in [0.15, 0.2) is 42.6 Å². The van der Waals surface area contributed by atoms with E-state index < -0.39 is 0 Å². The molecule has 0 unspecified atom stereocenters. The number of aryl methyl sites for hydroxylation is 1. The van der Waals surface area contributed by atoms with Crippen LogP contribution in [0.2, 0.25) is 0 Å². The summed E-state index contributed by atoms with van der Waals surface area (Å²) < 4.78 is 6.37. The molecule has 0 aliphatic carbocycles. The molecule has 3 rings (SSSR count). The number of aromatic nitrogens is 3. The van der Waals surface area contributed by atoms with Gasteiger partial charge in [0.15, 0.2) is 11.5 Å². The third-order valence-corrected chi connectivity index (χ3v) is 3.29. The summed E-state index contributed by atoms with van der Waals surface area (Å²) >= 11 is 0. The number of carbonyl (C=O) groups is 1. The predicted molar refractivity (Wildman–Crippen MR) is 78.3 cm³/mol. The third-order valence-electron chi connectivity index (χ3n) is 3.29. The highest BCUT2D eigenvalue weighted by Crippen LogP contribution is 2.11. The number of methoxy groups -OCH3 is 1. The van der Waals surface area contributed by atoms with Gasteiger partial charge < -0.3 is 4.74 Å². The fourth-order valence-corrected chi connectivity index (χ4v) is 2.14. The molecule has 0 atom stereocenters. The molecule has 2 heterocycles. The van der Waals surface area contributed by atoms with E-state index in [1.807, 2.05) is 0 Å². The number of hydrogen-bond donors (Lipinski definition) is 0. The SMILES string of the molecule is COC(=O)c1ccn2nc(Cc3ccc(C)cc3)nc2c1. The standard InChI is InChI=1S/C16H15N3O2/c1-11-3-5-12(6-4-11)9-14-17-15-10-13(16(20)21-2)7-8-19(15)18-14/h3-8,10H,9H2,1-2H3. The smallest absolute Gasteiger partial charge is 0.338 e. The average molecular weight is 281 g/mol. The molecule has 3 aromatic rings. The molecule has 2 aromatic heterocycles. The molecular weight excluding hydrogens is 266 g/mol. The van der Waals surface area contributed by atoms with Gasteiger partial charge in [0.2, 0.25) is 0 Å². The van der Waals surface area contributed by atoms with E-state index in [4.69, 9.17) is 4.74 Å². The van der Waals surface area contributed by atoms with Crippen molar-refractivity contribution >= 4 is 11.6 Å². The number of pyridine rings is 1. The lowest BCUT2D eigenvalue weighted by molar-refractivity contribution is 0.0600. The van der Waals surface area contributed by atoms with Crippen LogP contribution >= 0.6 is 0 Å². The molecular formula is C16H15N3O2. The Morgan fingerprint density at radius 2 is 2.00 bits per heavy atom. The lowest BCUT2D eigenvalue weighted by Gasteiger charge is -1.97. The zero-order valence-electron chi connectivity index (χ0n) is 11.9. The minimum absolute atomic E-state index is 0.374. The van der Waals surface area contributed by atoms with Crippen LogP contribution in [-0.2, 0) is 11.2 Å². The molecule has 1 aromatic carbocycles. The third kappa shape index (κ3) is 2.76. The molecule has 0 bridgehead atoms. The van der Waals surface area contributed by atoms with Crippen molar-refractivity contribution in [2.24, 2.45) is 0 Å². The Labute approximate surface area is 122 Å². The van der Waals surface area contributed by atoms with Crippen LogP contribution in [-0.4, -0.2) is 27.7 Å². The van der Waals surface area contributed by atoms with E-state index in [0.717, 1.165) is 11.4 Å². The number of hydrogen-bond acceptors (Lipinski definition) is 4. The minimum atomic E-state index is -0.374. The summed E-state index contributed by atoms with van der Waals surface area (Å²) in [4.78, 5) is 16.0. The summed E-state index contributed by atoms with van der Waals surface area (Å²) in [5.74, 6) is 0.349. The summed E-state index contributed by atoms with van der Waals surface area (Å²) in [6, 6.07) is 11.6. The van der Waals surface area contributed by atoms with Crippen molar-refractivity contribution in [3.63, 3.8) is 0 Å². The van der Waals surface area contributed by atoms with Crippen LogP contribution in [0, 0.1) is 6.92 Å². The predicted octanol–water partition coefficient (Wildman–Crippen LogP) is 2.42. The zero-order chi connectivity index (χ0) is 14.8. The highest BCUT2D eigenvalue weighted by Gasteiger charge is 2.09. The topological polar surface area (TPSA) is 56.5 Å². The Balaban J connectivity index is 1.90. The lowest BCUT2D eigenvalue weighted by atomic mass is 10.1. The number of benzene rings is 1. The number of carbonyl (C=O) groups excluding carboxylic acids is 1. The second-order valence-electron chi connectivity index (χ2n) is 4.90. The van der Waals surface area contributed by atoms with Gasteiger partial charge in [0.25, 0.3) is 0 Å². The first-order chi connectivity index (χ1) is 10.2. The first-order valence-electron chi connectivity index (χ1n) is 6.65. The second-order valence-corrected chi connectivity index (χ2v) is 4.90. The van der Waals surface area contributed by atoms with Crippen LogP contribution in [0.3, 0.4) is 0 Å². The summed E-state index contributed by atoms with van der Waals surface area (Å²) in [5.41, 5.74) is 3.49. The van der Waals surface area contributed by atoms with E-state index in [2.05, 4.69) is 41.3 Å². The van der Waals surface area contributed by atoms with Crippen molar-refractivity contribution in [1.82, 2.24) is 14.6 Å². The van der Waals surface area contributed by atoms with Gasteiger partial charge >= 0.3 is 5.97 Å². The maximum absolute atomic E-state index is 11.5. The number of rotatable bonds is 3. The molecule has 5 nitrogen and oxygen atoms in total. The molecule has 0 aliphatic rings. The van der Waals surface area contributed by atoms with Gasteiger partial charge in [0.05, 0.1) is 12.7 Å². The Hall–Kier alpha value is -2.69. The zero-order valence-corrected chi connectivity index (χ0v) is 11.9. The monoisotopic (exact) mass is 281 g/mol. The van der Waals surface area contributed by atoms with E-state index in [1.54, 1.807) is 22.8 Å². The van der Waals surface area contributed by atoms with Crippen LogP contribution in [0.25, 0.3) is 5.65 Å². The number of fused-ring (bicyclic) bond motifs is 1. The molecule has 106 valence electrons. The fraction of sp³-hybridized carbons (Fsp3) is 0.188. The van der Waals surface area contributed by atoms with Gasteiger partial charge in [-0.3, -0.25) is 0 Å². The van der Waals surface area contributed by atoms with Gasteiger partial charge in [-0.2, -0.15) is 5.10 Å². The van der Waals surface area contributed by atoms with E-state index in [9.17, 15) is 4.79 Å². The molecule has 5 heteroatoms. The fourth-order valence-electron chi connectivity index (χ4n) is 2.14. The van der Waals surface area contributed by atoms with Gasteiger partial charge in [0, 0.05) is 12.6 Å². The first-order valence-corrected chi connectivity index (χ1v) is 6.65. The highest BCUT2D eigenvalue weighted by atomic mass is 16.5. The molecule has 0 spiro atoms. The molecule has 0 saturated heterocycles. The maximum Gasteiger partial charge on any atom is 0.338 e. The molecule has 0 N–H and O–H groups in total. The summed E-state index contributed by atoms with van der Waals surface area (Å²) in [5, 5.41) is 4.41. The van der Waals surface area contributed by atoms with Gasteiger partial charge in [0.1, 0.15) is 0 Å². The van der Waals surface area contributed by atoms with E-state index >= 15 is 0 Å².